The van der Waals surface area contributed by atoms with Gasteiger partial charge in [-0.2, -0.15) is 0 Å². The molecule has 0 spiro atoms. The van der Waals surface area contributed by atoms with Crippen molar-refractivity contribution in [3.8, 4) is 0 Å². The summed E-state index contributed by atoms with van der Waals surface area (Å²) in [7, 11) is 0. The Labute approximate surface area is 82.1 Å². The Hall–Kier alpha value is -1.14. The highest BCUT2D eigenvalue weighted by atomic mass is 16.5. The van der Waals surface area contributed by atoms with Gasteiger partial charge < -0.3 is 10.1 Å². The number of hydrogen-bond donors (Lipinski definition) is 3. The molecule has 1 heterocycles. The monoisotopic (exact) mass is 201 g/mol. The molecule has 2 amide bonds. The summed E-state index contributed by atoms with van der Waals surface area (Å²) < 4.78 is 5.22. The zero-order chi connectivity index (χ0) is 10.6. The van der Waals surface area contributed by atoms with Crippen LogP contribution in [0.15, 0.2) is 0 Å². The van der Waals surface area contributed by atoms with Crippen LogP contribution in [0.4, 0.5) is 0 Å². The summed E-state index contributed by atoms with van der Waals surface area (Å²) in [6, 6.07) is 0. The first-order valence-electron chi connectivity index (χ1n) is 4.48. The van der Waals surface area contributed by atoms with Crippen LogP contribution in [0.3, 0.4) is 0 Å². The topological polar surface area (TPSA) is 93.5 Å². The molecule has 1 aliphatic heterocycles. The SMILES string of the molecule is CC1(NC(=O)C(=O)NN)CCCOC1. The molecule has 6 nitrogen and oxygen atoms in total. The molecule has 14 heavy (non-hydrogen) atoms. The second kappa shape index (κ2) is 4.39. The highest BCUT2D eigenvalue weighted by molar-refractivity contribution is 6.35. The van der Waals surface area contributed by atoms with E-state index >= 15 is 0 Å². The maximum atomic E-state index is 11.2. The number of nitrogens with two attached hydrogens (primary N) is 1. The molecule has 1 atom stereocenters. The maximum Gasteiger partial charge on any atom is 0.323 e. The van der Waals surface area contributed by atoms with E-state index in [1.165, 1.54) is 0 Å². The fraction of sp³-hybridized carbons (Fsp3) is 0.750. The van der Waals surface area contributed by atoms with Crippen molar-refractivity contribution in [3.63, 3.8) is 0 Å². The third kappa shape index (κ3) is 2.68. The quantitative estimate of drug-likeness (QED) is 0.212. The molecule has 1 unspecified atom stereocenters. The Morgan fingerprint density at radius 1 is 1.43 bits per heavy atom. The lowest BCUT2D eigenvalue weighted by Crippen LogP contribution is -2.56. The Bertz CT molecular complexity index is 236. The van der Waals surface area contributed by atoms with Crippen molar-refractivity contribution < 1.29 is 14.3 Å². The van der Waals surface area contributed by atoms with E-state index in [0.717, 1.165) is 12.8 Å². The molecule has 0 bridgehead atoms. The molecule has 0 aromatic rings. The van der Waals surface area contributed by atoms with E-state index in [9.17, 15) is 9.59 Å². The summed E-state index contributed by atoms with van der Waals surface area (Å²) in [6.45, 7) is 2.97. The summed E-state index contributed by atoms with van der Waals surface area (Å²) in [5, 5.41) is 2.59. The van der Waals surface area contributed by atoms with Crippen LogP contribution in [0.5, 0.6) is 0 Å². The molecule has 0 saturated carbocycles. The second-order valence-electron chi connectivity index (χ2n) is 3.64. The molecule has 0 aliphatic carbocycles. The smallest absolute Gasteiger partial charge is 0.323 e. The van der Waals surface area contributed by atoms with Crippen molar-refractivity contribution >= 4 is 11.8 Å². The van der Waals surface area contributed by atoms with Crippen molar-refractivity contribution in [2.45, 2.75) is 25.3 Å². The predicted octanol–water partition coefficient (Wildman–Crippen LogP) is -1.34. The van der Waals surface area contributed by atoms with Crippen LogP contribution >= 0.6 is 0 Å². The fourth-order valence-electron chi connectivity index (χ4n) is 1.43. The van der Waals surface area contributed by atoms with Crippen LogP contribution in [0.25, 0.3) is 0 Å². The van der Waals surface area contributed by atoms with Crippen molar-refractivity contribution in [2.75, 3.05) is 13.2 Å². The summed E-state index contributed by atoms with van der Waals surface area (Å²) >= 11 is 0. The number of ether oxygens (including phenoxy) is 1. The van der Waals surface area contributed by atoms with Crippen LogP contribution in [-0.4, -0.2) is 30.6 Å². The van der Waals surface area contributed by atoms with Gasteiger partial charge in [-0.05, 0) is 19.8 Å². The normalized spacial score (nSPS) is 26.7. The third-order valence-corrected chi connectivity index (χ3v) is 2.19. The van der Waals surface area contributed by atoms with Crippen LogP contribution < -0.4 is 16.6 Å². The highest BCUT2D eigenvalue weighted by Crippen LogP contribution is 2.17. The number of carbonyl (C=O) groups excluding carboxylic acids is 2. The van der Waals surface area contributed by atoms with Gasteiger partial charge in [-0.3, -0.25) is 15.0 Å². The zero-order valence-electron chi connectivity index (χ0n) is 8.13. The summed E-state index contributed by atoms with van der Waals surface area (Å²) in [5.41, 5.74) is 1.32. The number of hydrogen-bond acceptors (Lipinski definition) is 4. The Morgan fingerprint density at radius 2 is 2.14 bits per heavy atom. The molecule has 1 aliphatic rings. The van der Waals surface area contributed by atoms with E-state index < -0.39 is 17.4 Å². The van der Waals surface area contributed by atoms with Gasteiger partial charge in [0.15, 0.2) is 0 Å². The number of amides is 2. The minimum Gasteiger partial charge on any atom is -0.379 e. The number of carbonyl (C=O) groups is 2. The number of rotatable bonds is 1. The second-order valence-corrected chi connectivity index (χ2v) is 3.64. The zero-order valence-corrected chi connectivity index (χ0v) is 8.13. The van der Waals surface area contributed by atoms with Gasteiger partial charge in [0.2, 0.25) is 0 Å². The Balaban J connectivity index is 2.49. The minimum atomic E-state index is -0.836. The molecule has 1 rings (SSSR count). The van der Waals surface area contributed by atoms with Gasteiger partial charge in [0, 0.05) is 6.61 Å². The largest absolute Gasteiger partial charge is 0.379 e. The van der Waals surface area contributed by atoms with Gasteiger partial charge in [0.05, 0.1) is 12.1 Å². The van der Waals surface area contributed by atoms with Gasteiger partial charge in [-0.25, -0.2) is 5.84 Å². The minimum absolute atomic E-state index is 0.427. The lowest BCUT2D eigenvalue weighted by molar-refractivity contribution is -0.141. The molecular formula is C8H15N3O3. The van der Waals surface area contributed by atoms with Crippen LogP contribution in [-0.2, 0) is 14.3 Å². The molecule has 0 radical (unpaired) electrons. The van der Waals surface area contributed by atoms with Gasteiger partial charge in [0.1, 0.15) is 0 Å². The Morgan fingerprint density at radius 3 is 2.64 bits per heavy atom. The van der Waals surface area contributed by atoms with E-state index in [-0.39, 0.29) is 0 Å². The van der Waals surface area contributed by atoms with Crippen molar-refractivity contribution in [3.05, 3.63) is 0 Å². The predicted molar refractivity (Wildman–Crippen MR) is 48.9 cm³/mol. The molecule has 1 saturated heterocycles. The average molecular weight is 201 g/mol. The molecule has 6 heteroatoms. The molecule has 0 aromatic carbocycles. The summed E-state index contributed by atoms with van der Waals surface area (Å²) in [6.07, 6.45) is 1.68. The van der Waals surface area contributed by atoms with E-state index in [0.29, 0.717) is 13.2 Å². The van der Waals surface area contributed by atoms with Gasteiger partial charge in [-0.15, -0.1) is 0 Å². The van der Waals surface area contributed by atoms with Gasteiger partial charge in [-0.1, -0.05) is 0 Å². The van der Waals surface area contributed by atoms with Crippen LogP contribution in [0, 0.1) is 0 Å². The van der Waals surface area contributed by atoms with E-state index in [1.54, 1.807) is 5.43 Å². The fourth-order valence-corrected chi connectivity index (χ4v) is 1.43. The van der Waals surface area contributed by atoms with Crippen molar-refractivity contribution in [2.24, 2.45) is 5.84 Å². The maximum absolute atomic E-state index is 11.2. The highest BCUT2D eigenvalue weighted by Gasteiger charge is 2.31. The third-order valence-electron chi connectivity index (χ3n) is 2.19. The molecular weight excluding hydrogens is 186 g/mol. The lowest BCUT2D eigenvalue weighted by atomic mass is 9.95. The summed E-state index contributed by atoms with van der Waals surface area (Å²) in [5.74, 6) is 3.27. The molecule has 80 valence electrons. The first-order valence-corrected chi connectivity index (χ1v) is 4.48. The van der Waals surface area contributed by atoms with Crippen LogP contribution in [0.1, 0.15) is 19.8 Å². The summed E-state index contributed by atoms with van der Waals surface area (Å²) in [4.78, 5) is 22.0. The first-order chi connectivity index (χ1) is 6.57. The Kier molecular flexibility index (Phi) is 3.43. The van der Waals surface area contributed by atoms with Gasteiger partial charge in [0.25, 0.3) is 0 Å². The number of hydrazine groups is 1. The van der Waals surface area contributed by atoms with E-state index in [4.69, 9.17) is 10.6 Å². The average Bonchev–Trinajstić information content (AvgIpc) is 2.17. The first kappa shape index (κ1) is 10.9. The molecule has 1 fully saturated rings. The van der Waals surface area contributed by atoms with E-state index in [2.05, 4.69) is 5.32 Å². The van der Waals surface area contributed by atoms with Crippen LogP contribution in [0.2, 0.25) is 0 Å². The lowest BCUT2D eigenvalue weighted by Gasteiger charge is -2.33. The van der Waals surface area contributed by atoms with Gasteiger partial charge >= 0.3 is 11.8 Å². The standard InChI is InChI=1S/C8H15N3O3/c1-8(3-2-4-14-5-8)10-6(12)7(13)11-9/h2-5,9H2,1H3,(H,10,12)(H,11,13). The molecule has 4 N–H and O–H groups in total. The van der Waals surface area contributed by atoms with Crippen molar-refractivity contribution in [1.82, 2.24) is 10.7 Å². The van der Waals surface area contributed by atoms with Crippen molar-refractivity contribution in [1.29, 1.82) is 0 Å². The van der Waals surface area contributed by atoms with E-state index in [1.807, 2.05) is 6.92 Å². The number of nitrogens with one attached hydrogen (secondary N) is 2. The molecule has 0 aromatic heterocycles.